The molecule has 0 bridgehead atoms. The van der Waals surface area contributed by atoms with Crippen LogP contribution in [0.4, 0.5) is 5.69 Å². The number of aliphatic hydroxyl groups is 1. The molecule has 0 radical (unpaired) electrons. The van der Waals surface area contributed by atoms with E-state index in [0.717, 1.165) is 0 Å². The van der Waals surface area contributed by atoms with Crippen LogP contribution in [0.3, 0.4) is 0 Å². The summed E-state index contributed by atoms with van der Waals surface area (Å²) in [5.41, 5.74) is 1.57. The molecule has 0 aliphatic carbocycles. The molecule has 0 saturated carbocycles. The Bertz CT molecular complexity index is 1330. The van der Waals surface area contributed by atoms with Crippen LogP contribution in [0.2, 0.25) is 0 Å². The minimum atomic E-state index is -0.999. The lowest BCUT2D eigenvalue weighted by molar-refractivity contribution is -0.136. The number of carboxylic acid groups (broad SMARTS) is 1. The highest BCUT2D eigenvalue weighted by Crippen LogP contribution is 2.45. The number of ether oxygens (including phenoxy) is 2. The number of benzene rings is 3. The van der Waals surface area contributed by atoms with Crippen LogP contribution in [0.5, 0.6) is 11.5 Å². The smallest absolute Gasteiger partial charge is 0.307 e. The Labute approximate surface area is 201 Å². The van der Waals surface area contributed by atoms with Crippen molar-refractivity contribution < 1.29 is 34.1 Å². The normalized spacial score (nSPS) is 16.9. The summed E-state index contributed by atoms with van der Waals surface area (Å²) in [4.78, 5) is 39.0. The van der Waals surface area contributed by atoms with Crippen LogP contribution in [0.1, 0.15) is 22.7 Å². The maximum Gasteiger partial charge on any atom is 0.307 e. The molecule has 1 aliphatic rings. The molecule has 1 unspecified atom stereocenters. The first-order chi connectivity index (χ1) is 16.9. The Hall–Kier alpha value is -4.59. The van der Waals surface area contributed by atoms with Crippen molar-refractivity contribution in [3.05, 3.63) is 95.1 Å². The second-order valence-corrected chi connectivity index (χ2v) is 7.85. The van der Waals surface area contributed by atoms with E-state index in [0.29, 0.717) is 28.3 Å². The first-order valence-corrected chi connectivity index (χ1v) is 10.8. The third kappa shape index (κ3) is 4.33. The minimum Gasteiger partial charge on any atom is -0.507 e. The van der Waals surface area contributed by atoms with Crippen molar-refractivity contribution >= 4 is 29.1 Å². The highest BCUT2D eigenvalue weighted by molar-refractivity contribution is 6.51. The number of rotatable bonds is 7. The van der Waals surface area contributed by atoms with Crippen LogP contribution < -0.4 is 14.4 Å². The second-order valence-electron chi connectivity index (χ2n) is 7.85. The Morgan fingerprint density at radius 3 is 2.09 bits per heavy atom. The van der Waals surface area contributed by atoms with Crippen LogP contribution >= 0.6 is 0 Å². The number of aliphatic carboxylic acids is 1. The number of Topliss-reactive ketones (excluding diaryl/α,β-unsaturated/α-hetero) is 1. The maximum absolute atomic E-state index is 13.3. The van der Waals surface area contributed by atoms with Gasteiger partial charge in [-0.3, -0.25) is 19.3 Å². The van der Waals surface area contributed by atoms with Crippen LogP contribution in [0.15, 0.2) is 78.4 Å². The number of para-hydroxylation sites is 2. The van der Waals surface area contributed by atoms with Crippen molar-refractivity contribution in [1.82, 2.24) is 0 Å². The molecule has 1 amide bonds. The first kappa shape index (κ1) is 23.6. The van der Waals surface area contributed by atoms with Crippen molar-refractivity contribution in [2.45, 2.75) is 12.5 Å². The molecule has 0 aromatic heterocycles. The molecule has 35 heavy (non-hydrogen) atoms. The zero-order chi connectivity index (χ0) is 25.1. The van der Waals surface area contributed by atoms with E-state index in [9.17, 15) is 19.5 Å². The van der Waals surface area contributed by atoms with Gasteiger partial charge in [-0.2, -0.15) is 0 Å². The Balaban J connectivity index is 1.94. The molecule has 8 nitrogen and oxygen atoms in total. The van der Waals surface area contributed by atoms with Crippen LogP contribution in [-0.2, 0) is 20.8 Å². The van der Waals surface area contributed by atoms with Crippen molar-refractivity contribution in [2.24, 2.45) is 0 Å². The first-order valence-electron chi connectivity index (χ1n) is 10.8. The fourth-order valence-corrected chi connectivity index (χ4v) is 4.22. The summed E-state index contributed by atoms with van der Waals surface area (Å²) in [5.74, 6) is -2.28. The van der Waals surface area contributed by atoms with Gasteiger partial charge in [0.05, 0.1) is 37.8 Å². The quantitative estimate of drug-likeness (QED) is 0.303. The lowest BCUT2D eigenvalue weighted by atomic mass is 9.94. The average Bonchev–Trinajstić information content (AvgIpc) is 3.13. The maximum atomic E-state index is 13.3. The lowest BCUT2D eigenvalue weighted by Gasteiger charge is -2.27. The molecule has 2 N–H and O–H groups in total. The number of carbonyl (C=O) groups is 3. The third-order valence-corrected chi connectivity index (χ3v) is 5.81. The average molecular weight is 473 g/mol. The summed E-state index contributed by atoms with van der Waals surface area (Å²) in [7, 11) is 2.92. The molecular weight excluding hydrogens is 450 g/mol. The van der Waals surface area contributed by atoms with Crippen molar-refractivity contribution in [2.75, 3.05) is 19.1 Å². The highest BCUT2D eigenvalue weighted by Gasteiger charge is 2.48. The van der Waals surface area contributed by atoms with Gasteiger partial charge in [0, 0.05) is 11.3 Å². The Kier molecular flexibility index (Phi) is 6.55. The van der Waals surface area contributed by atoms with Crippen molar-refractivity contribution in [1.29, 1.82) is 0 Å². The topological polar surface area (TPSA) is 113 Å². The highest BCUT2D eigenvalue weighted by atomic mass is 16.5. The Morgan fingerprint density at radius 2 is 1.46 bits per heavy atom. The van der Waals surface area contributed by atoms with Gasteiger partial charge in [0.1, 0.15) is 17.3 Å². The van der Waals surface area contributed by atoms with E-state index in [1.54, 1.807) is 72.8 Å². The van der Waals surface area contributed by atoms with Gasteiger partial charge in [-0.05, 0) is 35.9 Å². The van der Waals surface area contributed by atoms with E-state index in [1.165, 1.54) is 19.1 Å². The number of ketones is 1. The lowest BCUT2D eigenvalue weighted by Crippen LogP contribution is -2.29. The summed E-state index contributed by atoms with van der Waals surface area (Å²) in [6, 6.07) is 18.9. The number of anilines is 1. The minimum absolute atomic E-state index is 0.112. The van der Waals surface area contributed by atoms with E-state index in [1.807, 2.05) is 0 Å². The van der Waals surface area contributed by atoms with Crippen molar-refractivity contribution in [3.8, 4) is 11.5 Å². The number of methoxy groups -OCH3 is 2. The number of carboxylic acids is 1. The summed E-state index contributed by atoms with van der Waals surface area (Å²) in [6.07, 6.45) is -0.178. The number of aliphatic hydroxyl groups excluding tert-OH is 1. The van der Waals surface area contributed by atoms with E-state index in [4.69, 9.17) is 14.6 Å². The van der Waals surface area contributed by atoms with Crippen LogP contribution in [-0.4, -0.2) is 42.1 Å². The molecule has 4 rings (SSSR count). The molecule has 8 heteroatoms. The molecule has 1 saturated heterocycles. The van der Waals surface area contributed by atoms with Gasteiger partial charge in [0.2, 0.25) is 0 Å². The van der Waals surface area contributed by atoms with Gasteiger partial charge in [0.15, 0.2) is 0 Å². The summed E-state index contributed by atoms with van der Waals surface area (Å²) in [6.45, 7) is 0. The number of hydrogen-bond acceptors (Lipinski definition) is 6. The zero-order valence-electron chi connectivity index (χ0n) is 19.1. The van der Waals surface area contributed by atoms with E-state index in [-0.39, 0.29) is 23.3 Å². The summed E-state index contributed by atoms with van der Waals surface area (Å²) >= 11 is 0. The number of carbonyl (C=O) groups excluding carboxylic acids is 2. The third-order valence-electron chi connectivity index (χ3n) is 5.81. The molecule has 0 spiro atoms. The standard InChI is InChI=1S/C27H23NO7/c1-34-20-9-5-3-7-18(20)24-23(25(31)19-8-4-6-10-21(19)35-2)26(32)27(33)28(24)17-13-11-16(12-14-17)15-22(29)30/h3-14,24,31H,15H2,1-2H3,(H,29,30)/b25-23+. The molecule has 178 valence electrons. The summed E-state index contributed by atoms with van der Waals surface area (Å²) in [5, 5.41) is 20.4. The van der Waals surface area contributed by atoms with E-state index in [2.05, 4.69) is 0 Å². The van der Waals surface area contributed by atoms with Crippen molar-refractivity contribution in [3.63, 3.8) is 0 Å². The molecule has 3 aromatic carbocycles. The fraction of sp³-hybridized carbons (Fsp3) is 0.148. The summed E-state index contributed by atoms with van der Waals surface area (Å²) < 4.78 is 10.9. The molecule has 1 fully saturated rings. The van der Waals surface area contributed by atoms with Gasteiger partial charge in [-0.25, -0.2) is 0 Å². The van der Waals surface area contributed by atoms with E-state index < -0.39 is 23.7 Å². The zero-order valence-corrected chi connectivity index (χ0v) is 19.1. The van der Waals surface area contributed by atoms with Crippen LogP contribution in [0, 0.1) is 0 Å². The molecule has 1 heterocycles. The van der Waals surface area contributed by atoms with Gasteiger partial charge >= 0.3 is 5.97 Å². The van der Waals surface area contributed by atoms with Gasteiger partial charge in [-0.1, -0.05) is 42.5 Å². The van der Waals surface area contributed by atoms with Gasteiger partial charge in [0.25, 0.3) is 11.7 Å². The number of amides is 1. The predicted molar refractivity (Wildman–Crippen MR) is 129 cm³/mol. The number of hydrogen-bond donors (Lipinski definition) is 2. The Morgan fingerprint density at radius 1 is 0.857 bits per heavy atom. The number of nitrogens with zero attached hydrogens (tertiary/aromatic N) is 1. The molecule has 1 aliphatic heterocycles. The van der Waals surface area contributed by atoms with Crippen LogP contribution in [0.25, 0.3) is 5.76 Å². The molecule has 1 atom stereocenters. The molecular formula is C27H23NO7. The monoisotopic (exact) mass is 473 g/mol. The SMILES string of the molecule is COc1ccccc1/C(O)=C1\C(=O)C(=O)N(c2ccc(CC(=O)O)cc2)C1c1ccccc1OC. The molecule has 3 aromatic rings. The van der Waals surface area contributed by atoms with Gasteiger partial charge in [-0.15, -0.1) is 0 Å². The second kappa shape index (κ2) is 9.72. The van der Waals surface area contributed by atoms with Gasteiger partial charge < -0.3 is 19.7 Å². The fourth-order valence-electron chi connectivity index (χ4n) is 4.22. The largest absolute Gasteiger partial charge is 0.507 e. The van der Waals surface area contributed by atoms with E-state index >= 15 is 0 Å². The predicted octanol–water partition coefficient (Wildman–Crippen LogP) is 3.96.